The van der Waals surface area contributed by atoms with E-state index < -0.39 is 11.5 Å². The molecule has 1 aliphatic rings. The second kappa shape index (κ2) is 5.12. The Morgan fingerprint density at radius 1 is 1.45 bits per heavy atom. The fraction of sp³-hybridized carbons (Fsp3) is 0.375. The Morgan fingerprint density at radius 2 is 2.23 bits per heavy atom. The van der Waals surface area contributed by atoms with Crippen molar-refractivity contribution < 1.29 is 19.1 Å². The molecule has 0 aliphatic carbocycles. The van der Waals surface area contributed by atoms with Gasteiger partial charge in [0.2, 0.25) is 5.91 Å². The predicted octanol–water partition coefficient (Wildman–Crippen LogP) is 2.32. The Labute approximate surface area is 126 Å². The maximum absolute atomic E-state index is 13.2. The van der Waals surface area contributed by atoms with Gasteiger partial charge in [0.05, 0.1) is 6.42 Å². The summed E-state index contributed by atoms with van der Waals surface area (Å²) in [5.74, 6) is -1.53. The van der Waals surface area contributed by atoms with Crippen LogP contribution in [0.15, 0.2) is 24.4 Å². The third kappa shape index (κ3) is 2.24. The average Bonchev–Trinajstić information content (AvgIpc) is 3.03. The molecular weight excluding hydrogens is 287 g/mol. The lowest BCUT2D eigenvalue weighted by atomic mass is 9.98. The number of carboxylic acid groups (broad SMARTS) is 1. The van der Waals surface area contributed by atoms with E-state index in [1.165, 1.54) is 17.0 Å². The quantitative estimate of drug-likeness (QED) is 0.914. The molecule has 1 fully saturated rings. The largest absolute Gasteiger partial charge is 0.480 e. The number of rotatable bonds is 3. The highest BCUT2D eigenvalue weighted by Gasteiger charge is 2.45. The molecule has 1 unspecified atom stereocenters. The lowest BCUT2D eigenvalue weighted by Crippen LogP contribution is -2.51. The fourth-order valence-corrected chi connectivity index (χ4v) is 3.15. The Kier molecular flexibility index (Phi) is 3.39. The second-order valence-electron chi connectivity index (χ2n) is 5.91. The summed E-state index contributed by atoms with van der Waals surface area (Å²) in [6.45, 7) is 2.05. The van der Waals surface area contributed by atoms with Crippen LogP contribution < -0.4 is 0 Å². The van der Waals surface area contributed by atoms with Crippen molar-refractivity contribution in [2.75, 3.05) is 6.54 Å². The summed E-state index contributed by atoms with van der Waals surface area (Å²) in [6.07, 6.45) is 2.94. The SMILES string of the molecule is CC1(C(=O)O)CCCN1C(=O)Cc1c[nH]c2cc(F)ccc12. The van der Waals surface area contributed by atoms with Crippen LogP contribution in [-0.4, -0.2) is 39.0 Å². The summed E-state index contributed by atoms with van der Waals surface area (Å²) in [4.78, 5) is 28.4. The lowest BCUT2D eigenvalue weighted by Gasteiger charge is -2.31. The Bertz CT molecular complexity index is 755. The van der Waals surface area contributed by atoms with Gasteiger partial charge in [-0.3, -0.25) is 4.79 Å². The predicted molar refractivity (Wildman–Crippen MR) is 78.9 cm³/mol. The molecule has 5 nitrogen and oxygen atoms in total. The molecule has 1 aromatic heterocycles. The summed E-state index contributed by atoms with van der Waals surface area (Å²) in [5, 5.41) is 10.2. The standard InChI is InChI=1S/C16H17FN2O3/c1-16(15(21)22)5-2-6-19(16)14(20)7-10-9-18-13-8-11(17)3-4-12(10)13/h3-4,8-9,18H,2,5-7H2,1H3,(H,21,22). The van der Waals surface area contributed by atoms with Crippen molar-refractivity contribution in [3.05, 3.63) is 35.8 Å². The van der Waals surface area contributed by atoms with Crippen molar-refractivity contribution >= 4 is 22.8 Å². The molecule has 1 saturated heterocycles. The van der Waals surface area contributed by atoms with Gasteiger partial charge in [0.15, 0.2) is 0 Å². The molecule has 0 radical (unpaired) electrons. The first-order valence-corrected chi connectivity index (χ1v) is 7.21. The molecule has 0 bridgehead atoms. The zero-order chi connectivity index (χ0) is 15.9. The summed E-state index contributed by atoms with van der Waals surface area (Å²) in [5.41, 5.74) is 0.250. The molecule has 6 heteroatoms. The van der Waals surface area contributed by atoms with Gasteiger partial charge in [0.25, 0.3) is 0 Å². The number of benzene rings is 1. The summed E-state index contributed by atoms with van der Waals surface area (Å²) < 4.78 is 13.2. The number of H-pyrrole nitrogens is 1. The minimum Gasteiger partial charge on any atom is -0.480 e. The van der Waals surface area contributed by atoms with E-state index in [0.717, 1.165) is 10.9 Å². The number of carbonyl (C=O) groups is 2. The Hall–Kier alpha value is -2.37. The molecule has 2 heterocycles. The molecule has 0 spiro atoms. The molecular formula is C16H17FN2O3. The minimum absolute atomic E-state index is 0.106. The van der Waals surface area contributed by atoms with Crippen LogP contribution in [-0.2, 0) is 16.0 Å². The highest BCUT2D eigenvalue weighted by atomic mass is 19.1. The van der Waals surface area contributed by atoms with Crippen LogP contribution in [0.3, 0.4) is 0 Å². The number of aromatic amines is 1. The van der Waals surface area contributed by atoms with Crippen molar-refractivity contribution in [1.29, 1.82) is 0 Å². The number of carbonyl (C=O) groups excluding carboxylic acids is 1. The van der Waals surface area contributed by atoms with Crippen LogP contribution in [0.4, 0.5) is 4.39 Å². The maximum Gasteiger partial charge on any atom is 0.329 e. The summed E-state index contributed by atoms with van der Waals surface area (Å²) >= 11 is 0. The van der Waals surface area contributed by atoms with Gasteiger partial charge in [0.1, 0.15) is 11.4 Å². The van der Waals surface area contributed by atoms with E-state index in [2.05, 4.69) is 4.98 Å². The van der Waals surface area contributed by atoms with Gasteiger partial charge in [-0.2, -0.15) is 0 Å². The van der Waals surface area contributed by atoms with Crippen LogP contribution in [0.5, 0.6) is 0 Å². The van der Waals surface area contributed by atoms with Gasteiger partial charge < -0.3 is 15.0 Å². The zero-order valence-electron chi connectivity index (χ0n) is 12.2. The van der Waals surface area contributed by atoms with Crippen LogP contribution in [0.1, 0.15) is 25.3 Å². The van der Waals surface area contributed by atoms with E-state index in [0.29, 0.717) is 24.9 Å². The first-order valence-electron chi connectivity index (χ1n) is 7.21. The lowest BCUT2D eigenvalue weighted by molar-refractivity contribution is -0.155. The van der Waals surface area contributed by atoms with E-state index >= 15 is 0 Å². The molecule has 1 aliphatic heterocycles. The Morgan fingerprint density at radius 3 is 2.95 bits per heavy atom. The van der Waals surface area contributed by atoms with Crippen LogP contribution in [0, 0.1) is 5.82 Å². The molecule has 22 heavy (non-hydrogen) atoms. The molecule has 2 aromatic rings. The van der Waals surface area contributed by atoms with Gasteiger partial charge in [-0.25, -0.2) is 9.18 Å². The number of carboxylic acids is 1. The molecule has 2 N–H and O–H groups in total. The number of hydrogen-bond acceptors (Lipinski definition) is 2. The molecule has 116 valence electrons. The summed E-state index contributed by atoms with van der Waals surface area (Å²) in [7, 11) is 0. The topological polar surface area (TPSA) is 73.4 Å². The average molecular weight is 304 g/mol. The number of amides is 1. The van der Waals surface area contributed by atoms with Crippen molar-refractivity contribution in [3.8, 4) is 0 Å². The smallest absolute Gasteiger partial charge is 0.329 e. The fourth-order valence-electron chi connectivity index (χ4n) is 3.15. The van der Waals surface area contributed by atoms with Crippen LogP contribution in [0.2, 0.25) is 0 Å². The number of nitrogens with zero attached hydrogens (tertiary/aromatic N) is 1. The number of hydrogen-bond donors (Lipinski definition) is 2. The van der Waals surface area contributed by atoms with Crippen molar-refractivity contribution in [3.63, 3.8) is 0 Å². The van der Waals surface area contributed by atoms with Crippen molar-refractivity contribution in [1.82, 2.24) is 9.88 Å². The number of aromatic nitrogens is 1. The number of nitrogens with one attached hydrogen (secondary N) is 1. The first-order chi connectivity index (χ1) is 10.4. The number of fused-ring (bicyclic) bond motifs is 1. The molecule has 1 aromatic carbocycles. The zero-order valence-corrected chi connectivity index (χ0v) is 12.2. The van der Waals surface area contributed by atoms with E-state index in [4.69, 9.17) is 0 Å². The molecule has 3 rings (SSSR count). The van der Waals surface area contributed by atoms with Gasteiger partial charge in [0, 0.05) is 23.6 Å². The number of likely N-dealkylation sites (tertiary alicyclic amines) is 1. The van der Waals surface area contributed by atoms with Crippen LogP contribution in [0.25, 0.3) is 10.9 Å². The van der Waals surface area contributed by atoms with Crippen molar-refractivity contribution in [2.45, 2.75) is 31.7 Å². The third-order valence-electron chi connectivity index (χ3n) is 4.47. The van der Waals surface area contributed by atoms with E-state index in [1.54, 1.807) is 19.2 Å². The highest BCUT2D eigenvalue weighted by Crippen LogP contribution is 2.30. The Balaban J connectivity index is 1.86. The second-order valence-corrected chi connectivity index (χ2v) is 5.91. The van der Waals surface area contributed by atoms with E-state index in [9.17, 15) is 19.1 Å². The van der Waals surface area contributed by atoms with Gasteiger partial charge in [-0.15, -0.1) is 0 Å². The van der Waals surface area contributed by atoms with Gasteiger partial charge in [-0.1, -0.05) is 0 Å². The first kappa shape index (κ1) is 14.6. The minimum atomic E-state index is -1.13. The van der Waals surface area contributed by atoms with E-state index in [-0.39, 0.29) is 18.1 Å². The molecule has 1 atom stereocenters. The number of aliphatic carboxylic acids is 1. The third-order valence-corrected chi connectivity index (χ3v) is 4.47. The normalized spacial score (nSPS) is 21.5. The maximum atomic E-state index is 13.2. The highest BCUT2D eigenvalue weighted by molar-refractivity contribution is 5.92. The monoisotopic (exact) mass is 304 g/mol. The summed E-state index contributed by atoms with van der Waals surface area (Å²) in [6, 6.07) is 4.35. The number of halogens is 1. The van der Waals surface area contributed by atoms with Crippen molar-refractivity contribution in [2.24, 2.45) is 0 Å². The molecule has 1 amide bonds. The molecule has 0 saturated carbocycles. The van der Waals surface area contributed by atoms with Crippen LogP contribution >= 0.6 is 0 Å². The van der Waals surface area contributed by atoms with Gasteiger partial charge in [-0.05, 0) is 43.5 Å². The van der Waals surface area contributed by atoms with E-state index in [1.807, 2.05) is 0 Å². The van der Waals surface area contributed by atoms with Gasteiger partial charge >= 0.3 is 5.97 Å².